The lowest BCUT2D eigenvalue weighted by atomic mass is 9.85. The number of fused-ring (bicyclic) bond motifs is 3. The molecule has 288 valence electrons. The van der Waals surface area contributed by atoms with Gasteiger partial charge in [0.1, 0.15) is 29.5 Å². The fourth-order valence-corrected chi connectivity index (χ4v) is 8.92. The zero-order valence-electron chi connectivity index (χ0n) is 30.7. The zero-order chi connectivity index (χ0) is 38.3. The smallest absolute Gasteiger partial charge is 0.405 e. The maximum atomic E-state index is 14.5. The van der Waals surface area contributed by atoms with Crippen molar-refractivity contribution in [2.75, 3.05) is 20.8 Å². The van der Waals surface area contributed by atoms with E-state index in [4.69, 9.17) is 14.2 Å². The summed E-state index contributed by atoms with van der Waals surface area (Å²) in [4.78, 5) is 60.8. The van der Waals surface area contributed by atoms with E-state index in [1.54, 1.807) is 38.3 Å². The summed E-state index contributed by atoms with van der Waals surface area (Å²) in [5.74, 6) is -1.77. The Kier molecular flexibility index (Phi) is 10.6. The fraction of sp³-hybridized carbons (Fsp3) is 0.595. The highest BCUT2D eigenvalue weighted by Gasteiger charge is 2.63. The van der Waals surface area contributed by atoms with Gasteiger partial charge in [0.2, 0.25) is 21.8 Å². The third-order valence-electron chi connectivity index (χ3n) is 11.3. The van der Waals surface area contributed by atoms with Crippen LogP contribution in [0.4, 0.5) is 4.79 Å². The van der Waals surface area contributed by atoms with E-state index in [0.29, 0.717) is 48.8 Å². The van der Waals surface area contributed by atoms with Crippen molar-refractivity contribution in [3.05, 3.63) is 36.4 Å². The van der Waals surface area contributed by atoms with Crippen molar-refractivity contribution < 1.29 is 46.9 Å². The van der Waals surface area contributed by atoms with Gasteiger partial charge in [-0.1, -0.05) is 32.4 Å². The summed E-state index contributed by atoms with van der Waals surface area (Å²) in [7, 11) is -1.01. The van der Waals surface area contributed by atoms with Gasteiger partial charge in [-0.25, -0.2) is 18.2 Å². The SMILES string of the molecule is CC[C@@H]1C[C@H](C)CCC=C[C@@H]2C[C@@]2(C(=O)NS(=O)(=O)C2(C)CC2)NC(=O)[C@@H]2C[C@@H](Oc3cc4cc(OC)ccc4nc3OC)CN2C(=O)[C@H]1NC(=O)O. The van der Waals surface area contributed by atoms with Gasteiger partial charge in [0.25, 0.3) is 11.8 Å². The number of aromatic nitrogens is 1. The number of pyridine rings is 1. The van der Waals surface area contributed by atoms with Gasteiger partial charge < -0.3 is 34.9 Å². The minimum atomic E-state index is -4.01. The first-order chi connectivity index (χ1) is 25.1. The maximum Gasteiger partial charge on any atom is 0.405 e. The molecule has 7 atom stereocenters. The Morgan fingerprint density at radius 3 is 2.55 bits per heavy atom. The number of allylic oxidation sites excluding steroid dienone is 1. The van der Waals surface area contributed by atoms with Crippen LogP contribution < -0.4 is 29.6 Å². The molecule has 16 heteroatoms. The highest BCUT2D eigenvalue weighted by Crippen LogP contribution is 2.48. The number of benzene rings is 1. The van der Waals surface area contributed by atoms with E-state index in [-0.39, 0.29) is 42.9 Å². The van der Waals surface area contributed by atoms with E-state index in [9.17, 15) is 32.7 Å². The highest BCUT2D eigenvalue weighted by atomic mass is 32.2. The number of sulfonamides is 1. The number of rotatable bonds is 9. The van der Waals surface area contributed by atoms with Gasteiger partial charge in [0.15, 0.2) is 5.75 Å². The summed E-state index contributed by atoms with van der Waals surface area (Å²) < 4.78 is 44.8. The van der Waals surface area contributed by atoms with Crippen molar-refractivity contribution >= 4 is 44.7 Å². The van der Waals surface area contributed by atoms with Crippen LogP contribution >= 0.6 is 0 Å². The van der Waals surface area contributed by atoms with Crippen LogP contribution in [0.25, 0.3) is 10.9 Å². The second-order valence-electron chi connectivity index (χ2n) is 15.1. The molecule has 53 heavy (non-hydrogen) atoms. The van der Waals surface area contributed by atoms with Crippen LogP contribution in [0.15, 0.2) is 36.4 Å². The van der Waals surface area contributed by atoms with Gasteiger partial charge >= 0.3 is 6.09 Å². The largest absolute Gasteiger partial charge is 0.497 e. The summed E-state index contributed by atoms with van der Waals surface area (Å²) >= 11 is 0. The Morgan fingerprint density at radius 2 is 1.89 bits per heavy atom. The first-order valence-electron chi connectivity index (χ1n) is 18.2. The monoisotopic (exact) mass is 755 g/mol. The first kappa shape index (κ1) is 38.1. The number of carbonyl (C=O) groups excluding carboxylic acids is 3. The molecular weight excluding hydrogens is 706 g/mol. The quantitative estimate of drug-likeness (QED) is 0.273. The normalized spacial score (nSPS) is 29.8. The molecule has 15 nitrogen and oxygen atoms in total. The van der Waals surface area contributed by atoms with E-state index in [0.717, 1.165) is 6.42 Å². The van der Waals surface area contributed by atoms with Crippen LogP contribution in [0.1, 0.15) is 72.1 Å². The molecule has 1 aromatic heterocycles. The maximum absolute atomic E-state index is 14.5. The van der Waals surface area contributed by atoms with Crippen LogP contribution in [0.5, 0.6) is 17.4 Å². The number of hydrogen-bond donors (Lipinski definition) is 4. The van der Waals surface area contributed by atoms with Gasteiger partial charge in [-0.2, -0.15) is 0 Å². The molecule has 2 saturated carbocycles. The molecule has 6 rings (SSSR count). The molecule has 0 spiro atoms. The van der Waals surface area contributed by atoms with Crippen LogP contribution in [-0.4, -0.2) is 96.5 Å². The van der Waals surface area contributed by atoms with Crippen molar-refractivity contribution in [3.8, 4) is 17.4 Å². The molecule has 2 aliphatic carbocycles. The predicted molar refractivity (Wildman–Crippen MR) is 194 cm³/mol. The van der Waals surface area contributed by atoms with Crippen LogP contribution in [0.2, 0.25) is 0 Å². The Hall–Kier alpha value is -4.60. The van der Waals surface area contributed by atoms with Crippen LogP contribution in [-0.2, 0) is 24.4 Å². The fourth-order valence-electron chi connectivity index (χ4n) is 7.60. The van der Waals surface area contributed by atoms with Crippen molar-refractivity contribution in [2.45, 2.75) is 101 Å². The average Bonchev–Trinajstić information content (AvgIpc) is 4.00. The Bertz CT molecular complexity index is 1920. The highest BCUT2D eigenvalue weighted by molar-refractivity contribution is 7.91. The van der Waals surface area contributed by atoms with Gasteiger partial charge in [0.05, 0.1) is 31.0 Å². The number of carboxylic acid groups (broad SMARTS) is 1. The molecule has 3 fully saturated rings. The average molecular weight is 756 g/mol. The molecule has 2 aliphatic heterocycles. The standard InChI is InChI=1S/C37H49N5O10S/c1-6-22-15-21(2)9-7-8-10-24-19-37(24,34(45)41-53(48,49)36(3)13-14-36)40-31(43)28-18-26(20-42(28)33(44)30(22)39-35(46)47)52-29-17-23-16-25(50-4)11-12-27(23)38-32(29)51-5/h8,10-12,16-17,21-22,24,26,28,30,39H,6-7,9,13-15,18-20H2,1-5H3,(H,40,43)(H,41,45)(H,46,47)/t21-,22-,24-,26-,28+,30+,37-/m1/s1. The molecule has 4 aliphatic rings. The minimum Gasteiger partial charge on any atom is -0.497 e. The zero-order valence-corrected chi connectivity index (χ0v) is 31.5. The third-order valence-corrected chi connectivity index (χ3v) is 13.5. The van der Waals surface area contributed by atoms with E-state index < -0.39 is 68.2 Å². The number of carbonyl (C=O) groups is 4. The lowest BCUT2D eigenvalue weighted by molar-refractivity contribution is -0.142. The molecular formula is C37H49N5O10S. The van der Waals surface area contributed by atoms with Gasteiger partial charge in [-0.3, -0.25) is 19.1 Å². The summed E-state index contributed by atoms with van der Waals surface area (Å²) in [6, 6.07) is 4.72. The molecule has 1 saturated heterocycles. The first-order valence-corrected chi connectivity index (χ1v) is 19.7. The Morgan fingerprint density at radius 1 is 1.13 bits per heavy atom. The molecule has 2 aromatic rings. The summed E-state index contributed by atoms with van der Waals surface area (Å²) in [6.45, 7) is 5.43. The molecule has 4 amide bonds. The van der Waals surface area contributed by atoms with E-state index in [2.05, 4.69) is 20.3 Å². The summed E-state index contributed by atoms with van der Waals surface area (Å²) in [5.41, 5.74) is -0.930. The third kappa shape index (κ3) is 7.73. The van der Waals surface area contributed by atoms with Crippen molar-refractivity contribution in [3.63, 3.8) is 0 Å². The lowest BCUT2D eigenvalue weighted by Gasteiger charge is -2.33. The summed E-state index contributed by atoms with van der Waals surface area (Å²) in [6.07, 6.45) is 5.09. The second kappa shape index (κ2) is 14.7. The second-order valence-corrected chi connectivity index (χ2v) is 17.3. The molecule has 3 heterocycles. The minimum absolute atomic E-state index is 0.0154. The summed E-state index contributed by atoms with van der Waals surface area (Å²) in [5, 5.41) is 15.9. The van der Waals surface area contributed by atoms with E-state index >= 15 is 0 Å². The van der Waals surface area contributed by atoms with E-state index in [1.165, 1.54) is 12.0 Å². The number of nitrogens with zero attached hydrogens (tertiary/aromatic N) is 2. The van der Waals surface area contributed by atoms with Crippen LogP contribution in [0, 0.1) is 17.8 Å². The topological polar surface area (TPSA) is 203 Å². The number of nitrogens with one attached hydrogen (secondary N) is 3. The number of ether oxygens (including phenoxy) is 3. The Balaban J connectivity index is 1.36. The molecule has 0 unspecified atom stereocenters. The number of amides is 4. The van der Waals surface area contributed by atoms with Crippen molar-refractivity contribution in [1.82, 2.24) is 25.2 Å². The van der Waals surface area contributed by atoms with Gasteiger partial charge in [0, 0.05) is 17.7 Å². The lowest BCUT2D eigenvalue weighted by Crippen LogP contribution is -2.59. The number of methoxy groups -OCH3 is 2. The van der Waals surface area contributed by atoms with Gasteiger partial charge in [-0.05, 0) is 81.5 Å². The van der Waals surface area contributed by atoms with Crippen molar-refractivity contribution in [2.24, 2.45) is 17.8 Å². The van der Waals surface area contributed by atoms with E-state index in [1.807, 2.05) is 26.0 Å². The molecule has 0 bridgehead atoms. The molecule has 0 radical (unpaired) electrons. The molecule has 1 aromatic carbocycles. The van der Waals surface area contributed by atoms with Crippen LogP contribution in [0.3, 0.4) is 0 Å². The number of hydrogen-bond acceptors (Lipinski definition) is 10. The van der Waals surface area contributed by atoms with Crippen molar-refractivity contribution in [1.29, 1.82) is 0 Å². The molecule has 4 N–H and O–H groups in total. The predicted octanol–water partition coefficient (Wildman–Crippen LogP) is 3.51. The van der Waals surface area contributed by atoms with Gasteiger partial charge in [-0.15, -0.1) is 0 Å². The Labute approximate surface area is 309 Å².